The Morgan fingerprint density at radius 3 is 2.73 bits per heavy atom. The Morgan fingerprint density at radius 1 is 1.47 bits per heavy atom. The molecule has 1 amide bonds. The lowest BCUT2D eigenvalue weighted by atomic mass is 10.2. The number of nitrogens with one attached hydrogen (secondary N) is 1. The number of rotatable bonds is 10. The number of methoxy groups -OCH3 is 1. The van der Waals surface area contributed by atoms with Crippen molar-refractivity contribution < 1.29 is 24.2 Å². The number of carboxylic acids is 1. The number of carbonyl (C=O) groups excluding carboxylic acids is 1. The van der Waals surface area contributed by atoms with E-state index in [1.807, 2.05) is 0 Å². The van der Waals surface area contributed by atoms with Gasteiger partial charge < -0.3 is 19.9 Å². The zero-order valence-corrected chi connectivity index (χ0v) is 8.77. The van der Waals surface area contributed by atoms with Gasteiger partial charge in [-0.1, -0.05) is 0 Å². The Morgan fingerprint density at radius 2 is 2.20 bits per heavy atom. The molecule has 0 rings (SSSR count). The van der Waals surface area contributed by atoms with Crippen LogP contribution in [0.1, 0.15) is 12.8 Å². The van der Waals surface area contributed by atoms with Crippen LogP contribution in [0.4, 0.5) is 0 Å². The molecular weight excluding hydrogens is 202 g/mol. The first-order valence-electron chi connectivity index (χ1n) is 4.71. The highest BCUT2D eigenvalue weighted by Crippen LogP contribution is 1.97. The molecule has 0 aliphatic heterocycles. The predicted octanol–water partition coefficient (Wildman–Crippen LogP) is -0.371. The minimum atomic E-state index is -1.03. The Bertz CT molecular complexity index is 185. The van der Waals surface area contributed by atoms with Gasteiger partial charge in [-0.15, -0.1) is 0 Å². The number of hydrogen-bond donors (Lipinski definition) is 2. The maximum absolute atomic E-state index is 10.6. The van der Waals surface area contributed by atoms with Gasteiger partial charge in [0, 0.05) is 13.7 Å². The van der Waals surface area contributed by atoms with Gasteiger partial charge in [0.2, 0.25) is 6.41 Å². The maximum atomic E-state index is 10.6. The average Bonchev–Trinajstić information content (AvgIpc) is 2.21. The fraction of sp³-hybridized carbons (Fsp3) is 0.778. The smallest absolute Gasteiger partial charge is 0.326 e. The summed E-state index contributed by atoms with van der Waals surface area (Å²) in [5.41, 5.74) is 0. The molecule has 0 saturated heterocycles. The van der Waals surface area contributed by atoms with Crippen molar-refractivity contribution in [3.8, 4) is 0 Å². The molecule has 0 heterocycles. The fourth-order valence-corrected chi connectivity index (χ4v) is 0.994. The van der Waals surface area contributed by atoms with Crippen LogP contribution in [0.15, 0.2) is 0 Å². The fourth-order valence-electron chi connectivity index (χ4n) is 0.994. The molecular formula is C9H17NO5. The van der Waals surface area contributed by atoms with Crippen LogP contribution in [-0.4, -0.2) is 50.5 Å². The molecule has 0 aromatic rings. The summed E-state index contributed by atoms with van der Waals surface area (Å²) in [5.74, 6) is -1.03. The van der Waals surface area contributed by atoms with E-state index in [1.165, 1.54) is 0 Å². The van der Waals surface area contributed by atoms with E-state index < -0.39 is 12.0 Å². The number of hydrogen-bond acceptors (Lipinski definition) is 4. The van der Waals surface area contributed by atoms with Crippen LogP contribution in [0.25, 0.3) is 0 Å². The zero-order valence-electron chi connectivity index (χ0n) is 8.77. The molecule has 6 nitrogen and oxygen atoms in total. The van der Waals surface area contributed by atoms with Crippen LogP contribution in [0.2, 0.25) is 0 Å². The van der Waals surface area contributed by atoms with Crippen LogP contribution in [0.3, 0.4) is 0 Å². The first kappa shape index (κ1) is 13.9. The molecule has 0 aromatic carbocycles. The van der Waals surface area contributed by atoms with Crippen molar-refractivity contribution in [1.29, 1.82) is 0 Å². The van der Waals surface area contributed by atoms with Gasteiger partial charge >= 0.3 is 5.97 Å². The normalized spacial score (nSPS) is 12.1. The third kappa shape index (κ3) is 7.90. The van der Waals surface area contributed by atoms with Crippen LogP contribution < -0.4 is 5.32 Å². The van der Waals surface area contributed by atoms with Crippen molar-refractivity contribution in [2.75, 3.05) is 26.9 Å². The Hall–Kier alpha value is -1.14. The molecule has 0 fully saturated rings. The van der Waals surface area contributed by atoms with E-state index in [2.05, 4.69) is 5.32 Å². The second kappa shape index (κ2) is 9.42. The molecule has 2 N–H and O–H groups in total. The lowest BCUT2D eigenvalue weighted by Crippen LogP contribution is -2.35. The van der Waals surface area contributed by atoms with Gasteiger partial charge in [-0.05, 0) is 12.8 Å². The van der Waals surface area contributed by atoms with Gasteiger partial charge in [-0.25, -0.2) is 4.79 Å². The summed E-state index contributed by atoms with van der Waals surface area (Å²) in [5, 5.41) is 10.9. The van der Waals surface area contributed by atoms with Crippen molar-refractivity contribution in [2.24, 2.45) is 0 Å². The van der Waals surface area contributed by atoms with E-state index >= 15 is 0 Å². The minimum Gasteiger partial charge on any atom is -0.480 e. The minimum absolute atomic E-state index is 0.362. The summed E-state index contributed by atoms with van der Waals surface area (Å²) < 4.78 is 9.92. The topological polar surface area (TPSA) is 84.9 Å². The van der Waals surface area contributed by atoms with Gasteiger partial charge in [0.1, 0.15) is 6.04 Å². The van der Waals surface area contributed by atoms with Crippen molar-refractivity contribution >= 4 is 12.4 Å². The molecule has 0 bridgehead atoms. The standard InChI is InChI=1S/C9H17NO5/c1-14-5-6-15-4-2-3-8(9(12)13)10-7-11/h7-8H,2-6H2,1H3,(H,10,11)(H,12,13). The first-order chi connectivity index (χ1) is 7.22. The largest absolute Gasteiger partial charge is 0.480 e. The third-order valence-corrected chi connectivity index (χ3v) is 1.78. The SMILES string of the molecule is COCCOCCCC(NC=O)C(=O)O. The molecule has 1 unspecified atom stereocenters. The van der Waals surface area contributed by atoms with Crippen LogP contribution >= 0.6 is 0 Å². The summed E-state index contributed by atoms with van der Waals surface area (Å²) in [6.07, 6.45) is 1.34. The number of amides is 1. The molecule has 15 heavy (non-hydrogen) atoms. The zero-order chi connectivity index (χ0) is 11.5. The first-order valence-corrected chi connectivity index (χ1v) is 4.71. The Labute approximate surface area is 88.6 Å². The van der Waals surface area contributed by atoms with Crippen molar-refractivity contribution in [2.45, 2.75) is 18.9 Å². The van der Waals surface area contributed by atoms with Crippen LogP contribution in [-0.2, 0) is 19.1 Å². The number of aliphatic carboxylic acids is 1. The van der Waals surface area contributed by atoms with Crippen molar-refractivity contribution in [3.63, 3.8) is 0 Å². The highest BCUT2D eigenvalue weighted by molar-refractivity contribution is 5.76. The van der Waals surface area contributed by atoms with E-state index in [-0.39, 0.29) is 0 Å². The van der Waals surface area contributed by atoms with Gasteiger partial charge in [0.15, 0.2) is 0 Å². The monoisotopic (exact) mass is 219 g/mol. The summed E-state index contributed by atoms with van der Waals surface area (Å²) in [6.45, 7) is 1.48. The molecule has 0 saturated carbocycles. The molecule has 0 aliphatic rings. The van der Waals surface area contributed by atoms with Crippen molar-refractivity contribution in [1.82, 2.24) is 5.32 Å². The van der Waals surface area contributed by atoms with E-state index in [4.69, 9.17) is 14.6 Å². The molecule has 6 heteroatoms. The second-order valence-corrected chi connectivity index (χ2v) is 2.92. The van der Waals surface area contributed by atoms with Crippen molar-refractivity contribution in [3.05, 3.63) is 0 Å². The van der Waals surface area contributed by atoms with Crippen LogP contribution in [0, 0.1) is 0 Å². The molecule has 0 radical (unpaired) electrons. The molecule has 1 atom stereocenters. The molecule has 0 spiro atoms. The molecule has 0 aliphatic carbocycles. The van der Waals surface area contributed by atoms with Gasteiger partial charge in [-0.2, -0.15) is 0 Å². The quantitative estimate of drug-likeness (QED) is 0.387. The summed E-state index contributed by atoms with van der Waals surface area (Å²) in [7, 11) is 1.58. The lowest BCUT2D eigenvalue weighted by molar-refractivity contribution is -0.140. The third-order valence-electron chi connectivity index (χ3n) is 1.78. The summed E-state index contributed by atoms with van der Waals surface area (Å²) in [4.78, 5) is 20.6. The van der Waals surface area contributed by atoms with E-state index in [0.29, 0.717) is 39.1 Å². The van der Waals surface area contributed by atoms with E-state index in [1.54, 1.807) is 7.11 Å². The van der Waals surface area contributed by atoms with E-state index in [9.17, 15) is 9.59 Å². The molecule has 0 aromatic heterocycles. The van der Waals surface area contributed by atoms with Crippen LogP contribution in [0.5, 0.6) is 0 Å². The Kier molecular flexibility index (Phi) is 8.70. The highest BCUT2D eigenvalue weighted by atomic mass is 16.5. The summed E-state index contributed by atoms with van der Waals surface area (Å²) in [6, 6.07) is -0.825. The van der Waals surface area contributed by atoms with E-state index in [0.717, 1.165) is 0 Å². The highest BCUT2D eigenvalue weighted by Gasteiger charge is 2.14. The Balaban J connectivity index is 3.45. The number of carbonyl (C=O) groups is 2. The second-order valence-electron chi connectivity index (χ2n) is 2.92. The maximum Gasteiger partial charge on any atom is 0.326 e. The predicted molar refractivity (Wildman–Crippen MR) is 52.6 cm³/mol. The average molecular weight is 219 g/mol. The molecule has 88 valence electrons. The summed E-state index contributed by atoms with van der Waals surface area (Å²) >= 11 is 0. The van der Waals surface area contributed by atoms with Gasteiger partial charge in [-0.3, -0.25) is 4.79 Å². The number of ether oxygens (including phenoxy) is 2. The van der Waals surface area contributed by atoms with Gasteiger partial charge in [0.25, 0.3) is 0 Å². The van der Waals surface area contributed by atoms with Gasteiger partial charge in [0.05, 0.1) is 13.2 Å². The number of carboxylic acid groups (broad SMARTS) is 1. The lowest BCUT2D eigenvalue weighted by Gasteiger charge is -2.10.